The van der Waals surface area contributed by atoms with Crippen molar-refractivity contribution in [3.05, 3.63) is 12.7 Å². The van der Waals surface area contributed by atoms with Crippen LogP contribution in [0.2, 0.25) is 0 Å². The molecular formula is C29H53ClN2O8. The van der Waals surface area contributed by atoms with Gasteiger partial charge in [0.05, 0.1) is 42.9 Å². The van der Waals surface area contributed by atoms with E-state index in [0.29, 0.717) is 38.3 Å². The second-order valence-corrected chi connectivity index (χ2v) is 11.6. The maximum atomic E-state index is 12.9. The second kappa shape index (κ2) is 17.6. The fourth-order valence-corrected chi connectivity index (χ4v) is 5.08. The maximum absolute atomic E-state index is 12.9. The van der Waals surface area contributed by atoms with Gasteiger partial charge in [-0.1, -0.05) is 19.9 Å². The molecule has 3 N–H and O–H groups in total. The Morgan fingerprint density at radius 1 is 1.12 bits per heavy atom. The SMILES string of the molecule is C=CCOC1C[C@@H](C)NC(=O)C(C)C(O)[C@](C)(O)COC(=O)C(C)CC[C@H]1OC1CC(N(C)C)CC(C)O1.CCl. The number of esters is 1. The van der Waals surface area contributed by atoms with Crippen LogP contribution in [0.15, 0.2) is 12.7 Å². The zero-order valence-electron chi connectivity index (χ0n) is 25.6. The highest BCUT2D eigenvalue weighted by atomic mass is 35.5. The van der Waals surface area contributed by atoms with E-state index >= 15 is 0 Å². The number of aliphatic hydroxyl groups is 2. The summed E-state index contributed by atoms with van der Waals surface area (Å²) in [5.74, 6) is -2.32. The monoisotopic (exact) mass is 592 g/mol. The lowest BCUT2D eigenvalue weighted by Gasteiger charge is -2.40. The van der Waals surface area contributed by atoms with Crippen molar-refractivity contribution in [3.8, 4) is 0 Å². The van der Waals surface area contributed by atoms with E-state index in [0.717, 1.165) is 6.42 Å². The molecule has 1 amide bonds. The molecule has 0 radical (unpaired) electrons. The summed E-state index contributed by atoms with van der Waals surface area (Å²) in [7, 11) is 4.10. The largest absolute Gasteiger partial charge is 0.462 e. The van der Waals surface area contributed by atoms with Gasteiger partial charge in [0.1, 0.15) is 12.2 Å². The number of carbonyl (C=O) groups excluding carboxylic acids is 2. The summed E-state index contributed by atoms with van der Waals surface area (Å²) >= 11 is 4.64. The molecule has 10 nitrogen and oxygen atoms in total. The predicted octanol–water partition coefficient (Wildman–Crippen LogP) is 2.87. The minimum absolute atomic E-state index is 0.0313. The molecule has 2 aliphatic rings. The predicted molar refractivity (Wildman–Crippen MR) is 155 cm³/mol. The van der Waals surface area contributed by atoms with Gasteiger partial charge >= 0.3 is 5.97 Å². The van der Waals surface area contributed by atoms with Crippen molar-refractivity contribution in [3.63, 3.8) is 0 Å². The Balaban J connectivity index is 0.00000391. The number of nitrogens with one attached hydrogen (secondary N) is 1. The van der Waals surface area contributed by atoms with Crippen molar-refractivity contribution in [2.45, 2.75) is 115 Å². The van der Waals surface area contributed by atoms with Gasteiger partial charge in [-0.3, -0.25) is 9.59 Å². The minimum Gasteiger partial charge on any atom is -0.462 e. The van der Waals surface area contributed by atoms with Gasteiger partial charge in [0.15, 0.2) is 6.29 Å². The Morgan fingerprint density at radius 3 is 2.38 bits per heavy atom. The van der Waals surface area contributed by atoms with Gasteiger partial charge < -0.3 is 39.4 Å². The summed E-state index contributed by atoms with van der Waals surface area (Å²) in [5, 5.41) is 24.3. The molecule has 11 heteroatoms. The summed E-state index contributed by atoms with van der Waals surface area (Å²) in [6.07, 6.45) is 3.46. The topological polar surface area (TPSA) is 127 Å². The number of hydrogen-bond acceptors (Lipinski definition) is 9. The highest BCUT2D eigenvalue weighted by molar-refractivity contribution is 6.15. The first kappa shape index (κ1) is 36.8. The summed E-state index contributed by atoms with van der Waals surface area (Å²) in [6, 6.07) is -0.00413. The van der Waals surface area contributed by atoms with Gasteiger partial charge in [-0.2, -0.15) is 0 Å². The minimum atomic E-state index is -1.78. The molecule has 2 fully saturated rings. The lowest BCUT2D eigenvalue weighted by atomic mass is 9.89. The number of rotatable bonds is 6. The van der Waals surface area contributed by atoms with Crippen molar-refractivity contribution in [2.24, 2.45) is 11.8 Å². The molecule has 2 rings (SSSR count). The molecule has 2 saturated heterocycles. The highest BCUT2D eigenvalue weighted by Gasteiger charge is 2.40. The standard InChI is InChI=1S/C28H50N2O8.CH3Cl/c1-9-12-35-23-13-18(3)29-26(32)20(5)25(31)28(6,34)16-36-27(33)17(2)10-11-22(23)38-24-15-21(30(7)8)14-19(4)37-24;1-2/h9,17-25,31,34H,1,10-16H2,2-8H3,(H,29,32);1H3/t17?,18-,19?,20?,21?,22-,23?,24?,25?,28-;/m1./s1. The van der Waals surface area contributed by atoms with Crippen LogP contribution in [0, 0.1) is 11.8 Å². The fourth-order valence-electron chi connectivity index (χ4n) is 5.08. The number of carbonyl (C=O) groups is 2. The van der Waals surface area contributed by atoms with E-state index in [4.69, 9.17) is 18.9 Å². The average molecular weight is 593 g/mol. The molecule has 10 atom stereocenters. The smallest absolute Gasteiger partial charge is 0.308 e. The van der Waals surface area contributed by atoms with Crippen LogP contribution in [-0.4, -0.2) is 109 Å². The van der Waals surface area contributed by atoms with E-state index in [1.807, 2.05) is 27.9 Å². The molecule has 40 heavy (non-hydrogen) atoms. The first-order valence-electron chi connectivity index (χ1n) is 14.2. The number of alkyl halides is 1. The maximum Gasteiger partial charge on any atom is 0.308 e. The third-order valence-electron chi connectivity index (χ3n) is 7.64. The molecule has 0 saturated carbocycles. The first-order chi connectivity index (χ1) is 18.7. The van der Waals surface area contributed by atoms with Crippen LogP contribution < -0.4 is 5.32 Å². The number of nitrogens with zero attached hydrogens (tertiary/aromatic N) is 1. The Kier molecular flexibility index (Phi) is 16.2. The quantitative estimate of drug-likeness (QED) is 0.242. The van der Waals surface area contributed by atoms with Gasteiger partial charge in [-0.15, -0.1) is 18.2 Å². The number of cyclic esters (lactones) is 1. The van der Waals surface area contributed by atoms with E-state index in [1.54, 1.807) is 13.0 Å². The molecule has 234 valence electrons. The molecular weight excluding hydrogens is 540 g/mol. The van der Waals surface area contributed by atoms with Crippen molar-refractivity contribution >= 4 is 23.5 Å². The number of aliphatic hydroxyl groups excluding tert-OH is 1. The summed E-state index contributed by atoms with van der Waals surface area (Å²) < 4.78 is 24.2. The molecule has 0 aromatic carbocycles. The van der Waals surface area contributed by atoms with E-state index in [9.17, 15) is 19.8 Å². The van der Waals surface area contributed by atoms with Crippen LogP contribution in [0.4, 0.5) is 0 Å². The lowest BCUT2D eigenvalue weighted by molar-refractivity contribution is -0.240. The highest BCUT2D eigenvalue weighted by Crippen LogP contribution is 2.29. The Hall–Kier alpha value is -1.27. The van der Waals surface area contributed by atoms with Gasteiger partial charge in [0.25, 0.3) is 0 Å². The van der Waals surface area contributed by atoms with Crippen molar-refractivity contribution in [1.29, 1.82) is 0 Å². The Bertz CT molecular complexity index is 783. The fraction of sp³-hybridized carbons (Fsp3) is 0.862. The van der Waals surface area contributed by atoms with Gasteiger partial charge in [0, 0.05) is 24.9 Å². The van der Waals surface area contributed by atoms with Crippen molar-refractivity contribution in [1.82, 2.24) is 10.2 Å². The van der Waals surface area contributed by atoms with Gasteiger partial charge in [-0.05, 0) is 60.5 Å². The van der Waals surface area contributed by atoms with Crippen molar-refractivity contribution in [2.75, 3.05) is 33.7 Å². The van der Waals surface area contributed by atoms with E-state index in [1.165, 1.54) is 20.2 Å². The Labute approximate surface area is 245 Å². The summed E-state index contributed by atoms with van der Waals surface area (Å²) in [6.45, 7) is 12.2. The Morgan fingerprint density at radius 2 is 1.77 bits per heavy atom. The summed E-state index contributed by atoms with van der Waals surface area (Å²) in [4.78, 5) is 27.9. The lowest BCUT2D eigenvalue weighted by Crippen LogP contribution is -2.52. The summed E-state index contributed by atoms with van der Waals surface area (Å²) in [5.41, 5.74) is -1.78. The number of amides is 1. The molecule has 2 heterocycles. The van der Waals surface area contributed by atoms with Crippen LogP contribution in [-0.2, 0) is 28.5 Å². The second-order valence-electron chi connectivity index (χ2n) is 11.6. The number of ether oxygens (including phenoxy) is 4. The number of hydrogen-bond donors (Lipinski definition) is 3. The zero-order valence-corrected chi connectivity index (χ0v) is 26.4. The van der Waals surface area contributed by atoms with E-state index in [-0.39, 0.29) is 12.1 Å². The average Bonchev–Trinajstić information content (AvgIpc) is 2.91. The molecule has 0 bridgehead atoms. The van der Waals surface area contributed by atoms with Crippen LogP contribution in [0.1, 0.15) is 66.7 Å². The molecule has 0 spiro atoms. The van der Waals surface area contributed by atoms with Crippen LogP contribution in [0.5, 0.6) is 0 Å². The van der Waals surface area contributed by atoms with Crippen LogP contribution in [0.25, 0.3) is 0 Å². The normalized spacial score (nSPS) is 38.6. The molecule has 2 aliphatic heterocycles. The van der Waals surface area contributed by atoms with Crippen LogP contribution >= 0.6 is 11.6 Å². The molecule has 7 unspecified atom stereocenters. The van der Waals surface area contributed by atoms with E-state index in [2.05, 4.69) is 28.4 Å². The zero-order chi connectivity index (χ0) is 30.6. The van der Waals surface area contributed by atoms with Gasteiger partial charge in [0.2, 0.25) is 5.91 Å². The van der Waals surface area contributed by atoms with Crippen LogP contribution in [0.3, 0.4) is 0 Å². The number of halogens is 1. The third-order valence-corrected chi connectivity index (χ3v) is 7.64. The first-order valence-corrected chi connectivity index (χ1v) is 15.0. The van der Waals surface area contributed by atoms with Crippen molar-refractivity contribution < 1.29 is 38.7 Å². The molecule has 0 aliphatic carbocycles. The molecule has 0 aromatic rings. The van der Waals surface area contributed by atoms with Gasteiger partial charge in [-0.25, -0.2) is 0 Å². The molecule has 0 aromatic heterocycles. The third kappa shape index (κ3) is 11.5. The van der Waals surface area contributed by atoms with E-state index < -0.39 is 60.5 Å².